The summed E-state index contributed by atoms with van der Waals surface area (Å²) in [7, 11) is 0. The van der Waals surface area contributed by atoms with Gasteiger partial charge in [-0.25, -0.2) is 0 Å². The Hall–Kier alpha value is -6.03. The zero-order valence-electron chi connectivity index (χ0n) is 42.7. The Morgan fingerprint density at radius 1 is 0.444 bits per heavy atom. The number of aliphatic hydroxyl groups is 3. The zero-order valence-corrected chi connectivity index (χ0v) is 42.7. The Morgan fingerprint density at radius 3 is 1.21 bits per heavy atom. The standard InChI is InChI=1S/C45H82N12O15/c1-22(2)15-26(47)37(64)54-31(19-58)44(71)52-30(17-24(5)6)41(68)56-33(21-60)43(70)51-28(12-13-35(62)63)39(66)55-32(20-59)42(69)50-27(11-9-10-14-46)40(67)57-36(25(7)8)45(72)53-29(16-23(3)4)38(65)49-18-34(48)61/h22-33,36,58-60H,9-21,46-47H2,1-8H3,(H2,48,61)(H,49,65)(H,50,69)(H,51,70)(H,52,71)(H,53,72)(H,54,64)(H,55,66)(H,56,68)(H,57,67)(H,62,63)/t26-,27-,28-,29-,30-,31-,32-,33-,36-/m0/s1. The van der Waals surface area contributed by atoms with Crippen LogP contribution in [0, 0.1) is 23.7 Å². The summed E-state index contributed by atoms with van der Waals surface area (Å²) >= 11 is 0. The van der Waals surface area contributed by atoms with Crippen molar-refractivity contribution in [1.29, 1.82) is 0 Å². The first-order valence-electron chi connectivity index (χ1n) is 24.1. The molecule has 27 nitrogen and oxygen atoms in total. The van der Waals surface area contributed by atoms with Gasteiger partial charge < -0.3 is 85.5 Å². The number of carboxylic acid groups (broad SMARTS) is 1. The summed E-state index contributed by atoms with van der Waals surface area (Å²) in [5.74, 6) is -11.6. The van der Waals surface area contributed by atoms with Crippen LogP contribution in [0.1, 0.15) is 107 Å². The summed E-state index contributed by atoms with van der Waals surface area (Å²) in [5, 5.41) is 61.2. The van der Waals surface area contributed by atoms with Crippen molar-refractivity contribution >= 4 is 65.0 Å². The van der Waals surface area contributed by atoms with E-state index < -0.39 is 165 Å². The third-order valence-electron chi connectivity index (χ3n) is 10.7. The van der Waals surface area contributed by atoms with Gasteiger partial charge in [0.15, 0.2) is 0 Å². The lowest BCUT2D eigenvalue weighted by atomic mass is 9.99. The van der Waals surface area contributed by atoms with Crippen molar-refractivity contribution in [3.63, 3.8) is 0 Å². The molecular weight excluding hydrogens is 949 g/mol. The smallest absolute Gasteiger partial charge is 0.303 e. The molecule has 0 saturated carbocycles. The lowest BCUT2D eigenvalue weighted by Gasteiger charge is -2.29. The summed E-state index contributed by atoms with van der Waals surface area (Å²) < 4.78 is 0. The summed E-state index contributed by atoms with van der Waals surface area (Å²) in [5.41, 5.74) is 16.7. The van der Waals surface area contributed by atoms with Crippen molar-refractivity contribution in [3.05, 3.63) is 0 Å². The molecule has 19 N–H and O–H groups in total. The highest BCUT2D eigenvalue weighted by Crippen LogP contribution is 2.11. The number of unbranched alkanes of at least 4 members (excludes halogenated alkanes) is 1. The van der Waals surface area contributed by atoms with E-state index in [4.69, 9.17) is 17.2 Å². The molecule has 0 aromatic rings. The lowest BCUT2D eigenvalue weighted by Crippen LogP contribution is -2.62. The van der Waals surface area contributed by atoms with Crippen LogP contribution in [0.2, 0.25) is 0 Å². The van der Waals surface area contributed by atoms with E-state index in [0.717, 1.165) is 0 Å². The first kappa shape index (κ1) is 66.0. The van der Waals surface area contributed by atoms with E-state index in [0.29, 0.717) is 6.42 Å². The van der Waals surface area contributed by atoms with Crippen LogP contribution in [0.25, 0.3) is 0 Å². The second-order valence-corrected chi connectivity index (χ2v) is 19.1. The largest absolute Gasteiger partial charge is 0.481 e. The van der Waals surface area contributed by atoms with Crippen LogP contribution in [0.15, 0.2) is 0 Å². The minimum Gasteiger partial charge on any atom is -0.481 e. The molecule has 9 atom stereocenters. The Labute approximate surface area is 420 Å². The van der Waals surface area contributed by atoms with Crippen molar-refractivity contribution in [2.45, 2.75) is 161 Å². The Kier molecular flexibility index (Phi) is 31.5. The average molecular weight is 1030 g/mol. The third kappa shape index (κ3) is 25.9. The van der Waals surface area contributed by atoms with E-state index in [2.05, 4.69) is 47.9 Å². The maximum absolute atomic E-state index is 13.8. The van der Waals surface area contributed by atoms with Gasteiger partial charge in [0.2, 0.25) is 59.1 Å². The molecule has 0 spiro atoms. The first-order chi connectivity index (χ1) is 33.6. The number of aliphatic hydroxyl groups excluding tert-OH is 3. The lowest BCUT2D eigenvalue weighted by molar-refractivity contribution is -0.139. The fourth-order valence-electron chi connectivity index (χ4n) is 6.89. The first-order valence-corrected chi connectivity index (χ1v) is 24.1. The van der Waals surface area contributed by atoms with E-state index in [1.54, 1.807) is 41.5 Å². The van der Waals surface area contributed by atoms with Gasteiger partial charge in [0.05, 0.1) is 32.4 Å². The maximum Gasteiger partial charge on any atom is 0.303 e. The minimum atomic E-state index is -1.82. The van der Waals surface area contributed by atoms with Gasteiger partial charge in [0, 0.05) is 6.42 Å². The van der Waals surface area contributed by atoms with Crippen LogP contribution in [-0.4, -0.2) is 173 Å². The molecule has 0 aliphatic heterocycles. The fourth-order valence-corrected chi connectivity index (χ4v) is 6.89. The highest BCUT2D eigenvalue weighted by molar-refractivity contribution is 5.98. The number of carbonyl (C=O) groups is 11. The monoisotopic (exact) mass is 1030 g/mol. The van der Waals surface area contributed by atoms with E-state index in [-0.39, 0.29) is 56.4 Å². The molecule has 0 bridgehead atoms. The van der Waals surface area contributed by atoms with Crippen LogP contribution in [0.5, 0.6) is 0 Å². The summed E-state index contributed by atoms with van der Waals surface area (Å²) in [6.07, 6.45) is -0.282. The van der Waals surface area contributed by atoms with Crippen LogP contribution < -0.4 is 65.1 Å². The van der Waals surface area contributed by atoms with Gasteiger partial charge in [-0.1, -0.05) is 55.4 Å². The van der Waals surface area contributed by atoms with E-state index in [1.807, 2.05) is 13.8 Å². The van der Waals surface area contributed by atoms with Crippen LogP contribution >= 0.6 is 0 Å². The Morgan fingerprint density at radius 2 is 0.806 bits per heavy atom. The number of carbonyl (C=O) groups excluding carboxylic acids is 10. The molecule has 0 fully saturated rings. The van der Waals surface area contributed by atoms with Crippen LogP contribution in [0.3, 0.4) is 0 Å². The number of carboxylic acids is 1. The summed E-state index contributed by atoms with van der Waals surface area (Å²) in [6.45, 7) is 10.6. The molecule has 0 aromatic carbocycles. The highest BCUT2D eigenvalue weighted by atomic mass is 16.4. The SMILES string of the molecule is CC(C)C[C@H](NC(=O)[C@H](CO)NC(=O)[C@@H](N)CC(C)C)C(=O)N[C@@H](CO)C(=O)N[C@@H](CCC(=O)O)C(=O)N[C@@H](CO)C(=O)N[C@@H](CCCCN)C(=O)N[C@H](C(=O)N[C@@H](CC(C)C)C(=O)NCC(N)=O)C(C)C. The normalized spacial score (nSPS) is 15.1. The molecule has 0 aromatic heterocycles. The molecule has 27 heteroatoms. The molecule has 0 saturated heterocycles. The van der Waals surface area contributed by atoms with Crippen molar-refractivity contribution in [2.24, 2.45) is 40.9 Å². The third-order valence-corrected chi connectivity index (χ3v) is 10.7. The second kappa shape index (κ2) is 34.4. The number of rotatable bonds is 36. The quantitative estimate of drug-likeness (QED) is 0.0260. The highest BCUT2D eigenvalue weighted by Gasteiger charge is 2.36. The van der Waals surface area contributed by atoms with E-state index in [9.17, 15) is 73.2 Å². The van der Waals surface area contributed by atoms with Crippen molar-refractivity contribution in [1.82, 2.24) is 47.9 Å². The number of nitrogens with one attached hydrogen (secondary N) is 9. The predicted molar refractivity (Wildman–Crippen MR) is 260 cm³/mol. The van der Waals surface area contributed by atoms with Gasteiger partial charge in [-0.3, -0.25) is 52.7 Å². The molecule has 72 heavy (non-hydrogen) atoms. The number of primary amides is 1. The van der Waals surface area contributed by atoms with Gasteiger partial charge in [-0.15, -0.1) is 0 Å². The maximum atomic E-state index is 13.8. The number of nitrogens with two attached hydrogens (primary N) is 3. The van der Waals surface area contributed by atoms with Crippen LogP contribution in [-0.2, 0) is 52.7 Å². The fraction of sp³-hybridized carbons (Fsp3) is 0.756. The topological polar surface area (TPSA) is 455 Å². The Balaban J connectivity index is 6.35. The Bertz CT molecular complexity index is 1820. The predicted octanol–water partition coefficient (Wildman–Crippen LogP) is -5.44. The van der Waals surface area contributed by atoms with Gasteiger partial charge in [-0.05, 0) is 75.2 Å². The number of hydrogen-bond acceptors (Lipinski definition) is 16. The zero-order chi connectivity index (χ0) is 55.4. The van der Waals surface area contributed by atoms with Crippen molar-refractivity contribution in [2.75, 3.05) is 32.9 Å². The number of amides is 10. The van der Waals surface area contributed by atoms with Gasteiger partial charge in [0.25, 0.3) is 0 Å². The summed E-state index contributed by atoms with van der Waals surface area (Å²) in [4.78, 5) is 143. The van der Waals surface area contributed by atoms with Gasteiger partial charge in [0.1, 0.15) is 48.3 Å². The molecule has 0 rings (SSSR count). The van der Waals surface area contributed by atoms with Crippen molar-refractivity contribution < 1.29 is 73.2 Å². The second-order valence-electron chi connectivity index (χ2n) is 19.1. The van der Waals surface area contributed by atoms with E-state index in [1.165, 1.54) is 0 Å². The molecular formula is C45H82N12O15. The van der Waals surface area contributed by atoms with Crippen molar-refractivity contribution in [3.8, 4) is 0 Å². The number of aliphatic carboxylic acids is 1. The number of hydrogen-bond donors (Lipinski definition) is 16. The molecule has 10 amide bonds. The molecule has 0 unspecified atom stereocenters. The van der Waals surface area contributed by atoms with Gasteiger partial charge >= 0.3 is 5.97 Å². The molecule has 0 radical (unpaired) electrons. The average Bonchev–Trinajstić information content (AvgIpc) is 3.29. The minimum absolute atomic E-state index is 0.0342. The molecule has 0 aliphatic carbocycles. The molecule has 412 valence electrons. The van der Waals surface area contributed by atoms with Crippen LogP contribution in [0.4, 0.5) is 0 Å². The molecule has 0 heterocycles. The summed E-state index contributed by atoms with van der Waals surface area (Å²) in [6, 6.07) is -13.1. The van der Waals surface area contributed by atoms with E-state index >= 15 is 0 Å². The van der Waals surface area contributed by atoms with Gasteiger partial charge in [-0.2, -0.15) is 0 Å². The molecule has 0 aliphatic rings.